The molecular weight excluding hydrogens is 244 g/mol. The molecule has 0 bridgehead atoms. The van der Waals surface area contributed by atoms with Crippen LogP contribution in [0.25, 0.3) is 11.3 Å². The highest BCUT2D eigenvalue weighted by molar-refractivity contribution is 7.08. The minimum Gasteiger partial charge on any atom is -0.367 e. The van der Waals surface area contributed by atoms with E-state index < -0.39 is 0 Å². The maximum absolute atomic E-state index is 4.32. The number of hydrogen-bond acceptors (Lipinski definition) is 5. The van der Waals surface area contributed by atoms with E-state index in [0.29, 0.717) is 6.04 Å². The third-order valence-corrected chi connectivity index (χ3v) is 3.86. The second kappa shape index (κ2) is 5.46. The van der Waals surface area contributed by atoms with Crippen molar-refractivity contribution in [1.29, 1.82) is 0 Å². The van der Waals surface area contributed by atoms with Crippen molar-refractivity contribution in [2.45, 2.75) is 18.9 Å². The van der Waals surface area contributed by atoms with Crippen LogP contribution < -0.4 is 10.6 Å². The lowest BCUT2D eigenvalue weighted by Crippen LogP contribution is -2.35. The molecule has 1 saturated heterocycles. The molecular formula is C13H16N4S. The van der Waals surface area contributed by atoms with Gasteiger partial charge in [0.1, 0.15) is 12.1 Å². The van der Waals surface area contributed by atoms with E-state index in [4.69, 9.17) is 0 Å². The molecule has 94 valence electrons. The SMILES string of the molecule is c1nc(NC2CCNCC2)cc(-c2ccsc2)n1. The van der Waals surface area contributed by atoms with Gasteiger partial charge in [0.05, 0.1) is 5.69 Å². The Morgan fingerprint density at radius 1 is 1.28 bits per heavy atom. The van der Waals surface area contributed by atoms with Crippen LogP contribution >= 0.6 is 11.3 Å². The Hall–Kier alpha value is -1.46. The van der Waals surface area contributed by atoms with Crippen molar-refractivity contribution in [2.24, 2.45) is 0 Å². The van der Waals surface area contributed by atoms with Crippen molar-refractivity contribution in [1.82, 2.24) is 15.3 Å². The topological polar surface area (TPSA) is 49.8 Å². The summed E-state index contributed by atoms with van der Waals surface area (Å²) in [5, 5.41) is 11.0. The fraction of sp³-hybridized carbons (Fsp3) is 0.385. The Balaban J connectivity index is 1.74. The predicted octanol–water partition coefficient (Wildman–Crippen LogP) is 2.37. The fourth-order valence-electron chi connectivity index (χ4n) is 2.18. The number of anilines is 1. The van der Waals surface area contributed by atoms with Gasteiger partial charge in [-0.05, 0) is 37.4 Å². The van der Waals surface area contributed by atoms with E-state index >= 15 is 0 Å². The van der Waals surface area contributed by atoms with Gasteiger partial charge in [0.15, 0.2) is 0 Å². The van der Waals surface area contributed by atoms with Crippen molar-refractivity contribution in [3.63, 3.8) is 0 Å². The maximum atomic E-state index is 4.32. The van der Waals surface area contributed by atoms with Crippen LogP contribution in [-0.2, 0) is 0 Å². The lowest BCUT2D eigenvalue weighted by Gasteiger charge is -2.24. The van der Waals surface area contributed by atoms with Crippen LogP contribution in [-0.4, -0.2) is 29.1 Å². The largest absolute Gasteiger partial charge is 0.367 e. The van der Waals surface area contributed by atoms with Gasteiger partial charge in [-0.3, -0.25) is 0 Å². The molecule has 0 radical (unpaired) electrons. The Morgan fingerprint density at radius 3 is 2.94 bits per heavy atom. The van der Waals surface area contributed by atoms with Gasteiger partial charge in [-0.25, -0.2) is 9.97 Å². The Morgan fingerprint density at radius 2 is 2.17 bits per heavy atom. The van der Waals surface area contributed by atoms with Crippen LogP contribution in [0.5, 0.6) is 0 Å². The van der Waals surface area contributed by atoms with Gasteiger partial charge in [0.2, 0.25) is 0 Å². The van der Waals surface area contributed by atoms with Gasteiger partial charge in [-0.1, -0.05) is 0 Å². The molecule has 2 aromatic rings. The van der Waals surface area contributed by atoms with E-state index in [1.54, 1.807) is 17.7 Å². The van der Waals surface area contributed by atoms with E-state index in [-0.39, 0.29) is 0 Å². The molecule has 0 saturated carbocycles. The molecule has 0 spiro atoms. The molecule has 3 rings (SSSR count). The van der Waals surface area contributed by atoms with Crippen molar-refractivity contribution >= 4 is 17.2 Å². The first-order chi connectivity index (χ1) is 8.92. The van der Waals surface area contributed by atoms with Gasteiger partial charge >= 0.3 is 0 Å². The molecule has 0 amide bonds. The number of nitrogens with zero attached hydrogens (tertiary/aromatic N) is 2. The average molecular weight is 260 g/mol. The molecule has 2 aromatic heterocycles. The number of thiophene rings is 1. The zero-order chi connectivity index (χ0) is 12.2. The quantitative estimate of drug-likeness (QED) is 0.889. The first-order valence-corrected chi connectivity index (χ1v) is 7.18. The van der Waals surface area contributed by atoms with E-state index in [1.807, 2.05) is 6.07 Å². The highest BCUT2D eigenvalue weighted by Crippen LogP contribution is 2.22. The summed E-state index contributed by atoms with van der Waals surface area (Å²) in [7, 11) is 0. The summed E-state index contributed by atoms with van der Waals surface area (Å²) in [6.45, 7) is 2.17. The Bertz CT molecular complexity index is 491. The van der Waals surface area contributed by atoms with Crippen LogP contribution in [0.1, 0.15) is 12.8 Å². The molecule has 5 heteroatoms. The van der Waals surface area contributed by atoms with Gasteiger partial charge in [-0.2, -0.15) is 11.3 Å². The summed E-state index contributed by atoms with van der Waals surface area (Å²) in [5.74, 6) is 0.929. The molecule has 3 heterocycles. The number of rotatable bonds is 3. The van der Waals surface area contributed by atoms with Crippen LogP contribution in [0.2, 0.25) is 0 Å². The molecule has 0 aliphatic carbocycles. The third kappa shape index (κ3) is 2.68. The molecule has 1 aliphatic rings. The van der Waals surface area contributed by atoms with Crippen LogP contribution in [0.3, 0.4) is 0 Å². The zero-order valence-electron chi connectivity index (χ0n) is 10.1. The first kappa shape index (κ1) is 11.6. The van der Waals surface area contributed by atoms with Gasteiger partial charge in [-0.15, -0.1) is 0 Å². The fourth-order valence-corrected chi connectivity index (χ4v) is 2.83. The number of piperidine rings is 1. The summed E-state index contributed by atoms with van der Waals surface area (Å²) >= 11 is 1.69. The molecule has 0 unspecified atom stereocenters. The molecule has 1 fully saturated rings. The lowest BCUT2D eigenvalue weighted by atomic mass is 10.1. The smallest absolute Gasteiger partial charge is 0.130 e. The van der Waals surface area contributed by atoms with E-state index in [1.165, 1.54) is 0 Å². The van der Waals surface area contributed by atoms with E-state index in [9.17, 15) is 0 Å². The number of aromatic nitrogens is 2. The Kier molecular flexibility index (Phi) is 3.52. The van der Waals surface area contributed by atoms with E-state index in [2.05, 4.69) is 37.4 Å². The summed E-state index contributed by atoms with van der Waals surface area (Å²) in [5.41, 5.74) is 2.15. The molecule has 2 N–H and O–H groups in total. The minimum atomic E-state index is 0.525. The number of nitrogens with one attached hydrogen (secondary N) is 2. The van der Waals surface area contributed by atoms with Gasteiger partial charge in [0, 0.05) is 23.1 Å². The highest BCUT2D eigenvalue weighted by Gasteiger charge is 2.13. The molecule has 18 heavy (non-hydrogen) atoms. The molecule has 0 aromatic carbocycles. The van der Waals surface area contributed by atoms with Gasteiger partial charge in [0.25, 0.3) is 0 Å². The minimum absolute atomic E-state index is 0.525. The highest BCUT2D eigenvalue weighted by atomic mass is 32.1. The summed E-state index contributed by atoms with van der Waals surface area (Å²) in [6, 6.07) is 4.64. The van der Waals surface area contributed by atoms with Gasteiger partial charge < -0.3 is 10.6 Å². The van der Waals surface area contributed by atoms with Crippen LogP contribution in [0.4, 0.5) is 5.82 Å². The van der Waals surface area contributed by atoms with Crippen molar-refractivity contribution < 1.29 is 0 Å². The van der Waals surface area contributed by atoms with Crippen molar-refractivity contribution in [3.8, 4) is 11.3 Å². The monoisotopic (exact) mass is 260 g/mol. The Labute approximate surface area is 110 Å². The first-order valence-electron chi connectivity index (χ1n) is 6.24. The zero-order valence-corrected chi connectivity index (χ0v) is 10.9. The van der Waals surface area contributed by atoms with Crippen molar-refractivity contribution in [2.75, 3.05) is 18.4 Å². The second-order valence-corrected chi connectivity index (χ2v) is 5.25. The van der Waals surface area contributed by atoms with Crippen LogP contribution in [0, 0.1) is 0 Å². The number of hydrogen-bond donors (Lipinski definition) is 2. The summed E-state index contributed by atoms with van der Waals surface area (Å²) in [4.78, 5) is 8.62. The average Bonchev–Trinajstić information content (AvgIpc) is 2.94. The predicted molar refractivity (Wildman–Crippen MR) is 74.9 cm³/mol. The van der Waals surface area contributed by atoms with Crippen molar-refractivity contribution in [3.05, 3.63) is 29.2 Å². The maximum Gasteiger partial charge on any atom is 0.130 e. The molecule has 0 atom stereocenters. The van der Waals surface area contributed by atoms with E-state index in [0.717, 1.165) is 43.0 Å². The van der Waals surface area contributed by atoms with Crippen LogP contribution in [0.15, 0.2) is 29.2 Å². The standard InChI is InChI=1S/C13H16N4S/c1-4-14-5-2-11(1)17-13-7-12(15-9-16-13)10-3-6-18-8-10/h3,6-9,11,14H,1-2,4-5H2,(H,15,16,17). The third-order valence-electron chi connectivity index (χ3n) is 3.18. The molecule has 4 nitrogen and oxygen atoms in total. The lowest BCUT2D eigenvalue weighted by molar-refractivity contribution is 0.478. The normalized spacial score (nSPS) is 16.7. The molecule has 1 aliphatic heterocycles. The summed E-state index contributed by atoms with van der Waals surface area (Å²) in [6.07, 6.45) is 3.94. The summed E-state index contributed by atoms with van der Waals surface area (Å²) < 4.78 is 0. The second-order valence-electron chi connectivity index (χ2n) is 4.47.